The Morgan fingerprint density at radius 1 is 1.38 bits per heavy atom. The van der Waals surface area contributed by atoms with Crippen molar-refractivity contribution in [2.45, 2.75) is 26.7 Å². The van der Waals surface area contributed by atoms with E-state index in [9.17, 15) is 9.59 Å². The molecular formula is C14H18N4O3. The van der Waals surface area contributed by atoms with Crippen molar-refractivity contribution in [2.24, 2.45) is 7.05 Å². The van der Waals surface area contributed by atoms with Crippen LogP contribution in [0.2, 0.25) is 0 Å². The Morgan fingerprint density at radius 2 is 2.10 bits per heavy atom. The second-order valence-corrected chi connectivity index (χ2v) is 4.93. The third-order valence-corrected chi connectivity index (χ3v) is 2.97. The van der Waals surface area contributed by atoms with Crippen molar-refractivity contribution in [2.75, 3.05) is 6.61 Å². The predicted molar refractivity (Wildman–Crippen MR) is 76.6 cm³/mol. The summed E-state index contributed by atoms with van der Waals surface area (Å²) in [7, 11) is 1.78. The number of carbonyl (C=O) groups is 1. The van der Waals surface area contributed by atoms with Gasteiger partial charge in [0, 0.05) is 31.1 Å². The lowest BCUT2D eigenvalue weighted by Crippen LogP contribution is -2.27. The molecule has 0 radical (unpaired) electrons. The molecule has 2 aromatic heterocycles. The Kier molecular flexibility index (Phi) is 4.21. The van der Waals surface area contributed by atoms with E-state index in [1.165, 1.54) is 4.68 Å². The van der Waals surface area contributed by atoms with Crippen molar-refractivity contribution < 1.29 is 9.53 Å². The molecule has 2 rings (SSSR count). The first kappa shape index (κ1) is 15.0. The number of hydrogen-bond acceptors (Lipinski definition) is 5. The van der Waals surface area contributed by atoms with E-state index in [0.717, 1.165) is 0 Å². The Morgan fingerprint density at radius 3 is 2.62 bits per heavy atom. The largest absolute Gasteiger partial charge is 0.461 e. The van der Waals surface area contributed by atoms with Crippen LogP contribution in [0.1, 0.15) is 42.7 Å². The van der Waals surface area contributed by atoms with E-state index in [-0.39, 0.29) is 18.2 Å². The molecule has 0 N–H and O–H groups in total. The lowest BCUT2D eigenvalue weighted by Gasteiger charge is -2.10. The molecular weight excluding hydrogens is 272 g/mol. The topological polar surface area (TPSA) is 79.0 Å². The minimum atomic E-state index is -0.713. The molecule has 2 aromatic rings. The van der Waals surface area contributed by atoms with E-state index in [1.54, 1.807) is 37.1 Å². The fourth-order valence-electron chi connectivity index (χ4n) is 1.90. The van der Waals surface area contributed by atoms with Crippen LogP contribution in [0.4, 0.5) is 0 Å². The van der Waals surface area contributed by atoms with Gasteiger partial charge in [0.25, 0.3) is 0 Å². The summed E-state index contributed by atoms with van der Waals surface area (Å²) >= 11 is 0. The number of carbonyl (C=O) groups excluding carboxylic acids is 1. The highest BCUT2D eigenvalue weighted by Crippen LogP contribution is 2.12. The standard InChI is InChI=1S/C14H18N4O3/c1-5-21-14(20)12-13(19)10(9(2)3)8-18(16-12)11-6-7-17(4)15-11/h6-9H,5H2,1-4H3. The smallest absolute Gasteiger partial charge is 0.362 e. The Labute approximate surface area is 122 Å². The van der Waals surface area contributed by atoms with Gasteiger partial charge in [0.05, 0.1) is 6.61 Å². The molecule has 0 spiro atoms. The monoisotopic (exact) mass is 290 g/mol. The van der Waals surface area contributed by atoms with Gasteiger partial charge in [-0.05, 0) is 12.8 Å². The highest BCUT2D eigenvalue weighted by atomic mass is 16.5. The SMILES string of the molecule is CCOC(=O)c1nn(-c2ccn(C)n2)cc(C(C)C)c1=O. The van der Waals surface area contributed by atoms with Gasteiger partial charge in [-0.3, -0.25) is 9.48 Å². The number of aromatic nitrogens is 4. The van der Waals surface area contributed by atoms with Crippen LogP contribution >= 0.6 is 0 Å². The number of ether oxygens (including phenoxy) is 1. The summed E-state index contributed by atoms with van der Waals surface area (Å²) in [5, 5.41) is 8.29. The number of hydrogen-bond donors (Lipinski definition) is 0. The molecule has 21 heavy (non-hydrogen) atoms. The summed E-state index contributed by atoms with van der Waals surface area (Å²) in [5.74, 6) is -0.219. The summed E-state index contributed by atoms with van der Waals surface area (Å²) in [6, 6.07) is 1.75. The van der Waals surface area contributed by atoms with Gasteiger partial charge in [0.2, 0.25) is 11.1 Å². The number of rotatable bonds is 4. The maximum Gasteiger partial charge on any atom is 0.362 e. The average molecular weight is 290 g/mol. The zero-order valence-electron chi connectivity index (χ0n) is 12.5. The van der Waals surface area contributed by atoms with E-state index in [4.69, 9.17) is 4.74 Å². The van der Waals surface area contributed by atoms with E-state index in [1.807, 2.05) is 13.8 Å². The first-order valence-electron chi connectivity index (χ1n) is 6.75. The van der Waals surface area contributed by atoms with Crippen LogP contribution in [0.15, 0.2) is 23.3 Å². The molecule has 0 bridgehead atoms. The van der Waals surface area contributed by atoms with E-state index in [2.05, 4.69) is 10.2 Å². The molecule has 7 nitrogen and oxygen atoms in total. The lowest BCUT2D eigenvalue weighted by atomic mass is 10.0. The Hall–Kier alpha value is -2.44. The van der Waals surface area contributed by atoms with E-state index < -0.39 is 11.4 Å². The Bertz CT molecular complexity index is 715. The van der Waals surface area contributed by atoms with Gasteiger partial charge in [-0.1, -0.05) is 13.8 Å². The summed E-state index contributed by atoms with van der Waals surface area (Å²) in [5.41, 5.74) is -0.108. The number of esters is 1. The summed E-state index contributed by atoms with van der Waals surface area (Å²) in [4.78, 5) is 24.2. The fraction of sp³-hybridized carbons (Fsp3) is 0.429. The van der Waals surface area contributed by atoms with Crippen molar-refractivity contribution in [3.63, 3.8) is 0 Å². The van der Waals surface area contributed by atoms with Gasteiger partial charge >= 0.3 is 5.97 Å². The molecule has 0 saturated carbocycles. The third kappa shape index (κ3) is 3.01. The average Bonchev–Trinajstić information content (AvgIpc) is 2.85. The second-order valence-electron chi connectivity index (χ2n) is 4.93. The van der Waals surface area contributed by atoms with Crippen molar-refractivity contribution in [1.82, 2.24) is 19.6 Å². The zero-order chi connectivity index (χ0) is 15.6. The lowest BCUT2D eigenvalue weighted by molar-refractivity contribution is 0.0515. The molecule has 0 atom stereocenters. The minimum absolute atomic E-state index is 0.0383. The van der Waals surface area contributed by atoms with Crippen LogP contribution in [-0.2, 0) is 11.8 Å². The first-order valence-corrected chi connectivity index (χ1v) is 6.75. The molecule has 0 amide bonds. The molecule has 0 aliphatic rings. The maximum atomic E-state index is 12.3. The molecule has 0 aliphatic carbocycles. The molecule has 0 fully saturated rings. The quantitative estimate of drug-likeness (QED) is 0.792. The van der Waals surface area contributed by atoms with Crippen LogP contribution in [0, 0.1) is 0 Å². The van der Waals surface area contributed by atoms with Gasteiger partial charge in [-0.2, -0.15) is 10.2 Å². The maximum absolute atomic E-state index is 12.3. The van der Waals surface area contributed by atoms with E-state index in [0.29, 0.717) is 11.4 Å². The first-order chi connectivity index (χ1) is 9.93. The van der Waals surface area contributed by atoms with Gasteiger partial charge in [-0.25, -0.2) is 9.48 Å². The molecule has 0 aliphatic heterocycles. The van der Waals surface area contributed by atoms with Crippen molar-refractivity contribution in [3.8, 4) is 5.82 Å². The summed E-state index contributed by atoms with van der Waals surface area (Å²) in [6.07, 6.45) is 3.37. The van der Waals surface area contributed by atoms with Crippen LogP contribution in [-0.4, -0.2) is 32.1 Å². The highest BCUT2D eigenvalue weighted by molar-refractivity contribution is 5.87. The third-order valence-electron chi connectivity index (χ3n) is 2.97. The molecule has 0 unspecified atom stereocenters. The highest BCUT2D eigenvalue weighted by Gasteiger charge is 2.20. The van der Waals surface area contributed by atoms with Crippen LogP contribution in [0.3, 0.4) is 0 Å². The van der Waals surface area contributed by atoms with Gasteiger partial charge in [0.15, 0.2) is 5.82 Å². The van der Waals surface area contributed by atoms with Crippen LogP contribution in [0.25, 0.3) is 5.82 Å². The van der Waals surface area contributed by atoms with Crippen LogP contribution < -0.4 is 5.43 Å². The van der Waals surface area contributed by atoms with Crippen molar-refractivity contribution in [1.29, 1.82) is 0 Å². The molecule has 7 heteroatoms. The van der Waals surface area contributed by atoms with Crippen molar-refractivity contribution in [3.05, 3.63) is 39.9 Å². The van der Waals surface area contributed by atoms with Gasteiger partial charge in [0.1, 0.15) is 0 Å². The zero-order valence-corrected chi connectivity index (χ0v) is 12.5. The minimum Gasteiger partial charge on any atom is -0.461 e. The molecule has 112 valence electrons. The van der Waals surface area contributed by atoms with Gasteiger partial charge in [-0.15, -0.1) is 0 Å². The number of aryl methyl sites for hydroxylation is 1. The molecule has 0 aromatic carbocycles. The number of nitrogens with zero attached hydrogens (tertiary/aromatic N) is 4. The fourth-order valence-corrected chi connectivity index (χ4v) is 1.90. The van der Waals surface area contributed by atoms with Gasteiger partial charge < -0.3 is 4.74 Å². The normalized spacial score (nSPS) is 10.9. The predicted octanol–water partition coefficient (Wildman–Crippen LogP) is 1.27. The van der Waals surface area contributed by atoms with Crippen molar-refractivity contribution >= 4 is 5.97 Å². The summed E-state index contributed by atoms with van der Waals surface area (Å²) in [6.45, 7) is 5.64. The summed E-state index contributed by atoms with van der Waals surface area (Å²) < 4.78 is 7.95. The molecule has 2 heterocycles. The van der Waals surface area contributed by atoms with Crippen LogP contribution in [0.5, 0.6) is 0 Å². The second kappa shape index (κ2) is 5.90. The Balaban J connectivity index is 2.62. The van der Waals surface area contributed by atoms with E-state index >= 15 is 0 Å². The molecule has 0 saturated heterocycles.